The molecule has 0 aromatic carbocycles. The first-order chi connectivity index (χ1) is 7.70. The van der Waals surface area contributed by atoms with Crippen LogP contribution in [0.4, 0.5) is 0 Å². The van der Waals surface area contributed by atoms with Gasteiger partial charge in [0.25, 0.3) is 5.56 Å². The van der Waals surface area contributed by atoms with E-state index in [1.54, 1.807) is 17.5 Å². The van der Waals surface area contributed by atoms with Gasteiger partial charge in [0.2, 0.25) is 0 Å². The van der Waals surface area contributed by atoms with Gasteiger partial charge in [-0.1, -0.05) is 18.5 Å². The number of aromatic nitrogens is 3. The van der Waals surface area contributed by atoms with E-state index >= 15 is 0 Å². The van der Waals surface area contributed by atoms with E-state index in [1.165, 1.54) is 10.8 Å². The Morgan fingerprint density at radius 1 is 1.56 bits per heavy atom. The van der Waals surface area contributed by atoms with Gasteiger partial charge in [-0.15, -0.1) is 11.3 Å². The molecule has 16 heavy (non-hydrogen) atoms. The van der Waals surface area contributed by atoms with Crippen LogP contribution in [0.3, 0.4) is 0 Å². The number of nitrogens with zero attached hydrogens (tertiary/aromatic N) is 3. The van der Waals surface area contributed by atoms with Crippen molar-refractivity contribution < 1.29 is 0 Å². The predicted octanol–water partition coefficient (Wildman–Crippen LogP) is 1.96. The SMILES string of the molecule is CCc1nc(Cn2ccnc(Cl)c2=O)cs1. The molecule has 0 amide bonds. The highest BCUT2D eigenvalue weighted by molar-refractivity contribution is 7.09. The largest absolute Gasteiger partial charge is 0.305 e. The van der Waals surface area contributed by atoms with Crippen LogP contribution in [0.5, 0.6) is 0 Å². The molecule has 0 aliphatic carbocycles. The van der Waals surface area contributed by atoms with E-state index in [-0.39, 0.29) is 10.7 Å². The van der Waals surface area contributed by atoms with Gasteiger partial charge in [0.15, 0.2) is 5.15 Å². The zero-order chi connectivity index (χ0) is 11.5. The van der Waals surface area contributed by atoms with Crippen molar-refractivity contribution in [3.63, 3.8) is 0 Å². The van der Waals surface area contributed by atoms with Gasteiger partial charge in [0.1, 0.15) is 0 Å². The Hall–Kier alpha value is -1.20. The van der Waals surface area contributed by atoms with Crippen molar-refractivity contribution in [2.75, 3.05) is 0 Å². The summed E-state index contributed by atoms with van der Waals surface area (Å²) in [7, 11) is 0. The predicted molar refractivity (Wildman–Crippen MR) is 64.1 cm³/mol. The second-order valence-electron chi connectivity index (χ2n) is 3.24. The molecule has 4 nitrogen and oxygen atoms in total. The third-order valence-corrected chi connectivity index (χ3v) is 3.41. The summed E-state index contributed by atoms with van der Waals surface area (Å²) in [6.45, 7) is 2.50. The van der Waals surface area contributed by atoms with E-state index < -0.39 is 0 Å². The third-order valence-electron chi connectivity index (χ3n) is 2.11. The topological polar surface area (TPSA) is 47.8 Å². The van der Waals surface area contributed by atoms with Crippen molar-refractivity contribution >= 4 is 22.9 Å². The van der Waals surface area contributed by atoms with Gasteiger partial charge < -0.3 is 4.57 Å². The Bertz CT molecular complexity index is 549. The van der Waals surface area contributed by atoms with Crippen molar-refractivity contribution in [2.45, 2.75) is 19.9 Å². The van der Waals surface area contributed by atoms with Crippen LogP contribution < -0.4 is 5.56 Å². The lowest BCUT2D eigenvalue weighted by molar-refractivity contribution is 0.731. The molecule has 84 valence electrons. The van der Waals surface area contributed by atoms with E-state index in [0.29, 0.717) is 6.54 Å². The van der Waals surface area contributed by atoms with Crippen LogP contribution in [-0.4, -0.2) is 14.5 Å². The Labute approximate surface area is 102 Å². The molecule has 0 fully saturated rings. The molecule has 0 spiro atoms. The van der Waals surface area contributed by atoms with Crippen LogP contribution in [0.15, 0.2) is 22.6 Å². The smallest absolute Gasteiger partial charge is 0.288 e. The van der Waals surface area contributed by atoms with E-state index in [1.807, 2.05) is 5.38 Å². The molecule has 0 N–H and O–H groups in total. The van der Waals surface area contributed by atoms with Crippen LogP contribution >= 0.6 is 22.9 Å². The Morgan fingerprint density at radius 2 is 2.38 bits per heavy atom. The van der Waals surface area contributed by atoms with Crippen molar-refractivity contribution in [1.29, 1.82) is 0 Å². The molecule has 2 heterocycles. The second-order valence-corrected chi connectivity index (χ2v) is 4.54. The summed E-state index contributed by atoms with van der Waals surface area (Å²) >= 11 is 7.25. The highest BCUT2D eigenvalue weighted by atomic mass is 35.5. The van der Waals surface area contributed by atoms with Crippen LogP contribution in [-0.2, 0) is 13.0 Å². The fourth-order valence-electron chi connectivity index (χ4n) is 1.30. The Morgan fingerprint density at radius 3 is 3.06 bits per heavy atom. The average Bonchev–Trinajstić information content (AvgIpc) is 2.73. The minimum atomic E-state index is -0.282. The normalized spacial score (nSPS) is 10.6. The van der Waals surface area contributed by atoms with Gasteiger partial charge in [0.05, 0.1) is 17.2 Å². The van der Waals surface area contributed by atoms with E-state index in [9.17, 15) is 4.79 Å². The second kappa shape index (κ2) is 4.76. The van der Waals surface area contributed by atoms with Gasteiger partial charge >= 0.3 is 0 Å². The van der Waals surface area contributed by atoms with E-state index in [2.05, 4.69) is 16.9 Å². The Balaban J connectivity index is 2.27. The molecule has 0 aliphatic heterocycles. The molecule has 0 radical (unpaired) electrons. The van der Waals surface area contributed by atoms with Crippen molar-refractivity contribution in [3.8, 4) is 0 Å². The molecule has 0 aliphatic rings. The van der Waals surface area contributed by atoms with E-state index in [0.717, 1.165) is 17.1 Å². The molecule has 0 saturated heterocycles. The maximum absolute atomic E-state index is 11.6. The number of halogens is 1. The number of aryl methyl sites for hydroxylation is 1. The lowest BCUT2D eigenvalue weighted by Gasteiger charge is -2.02. The first-order valence-electron chi connectivity index (χ1n) is 4.85. The van der Waals surface area contributed by atoms with Crippen LogP contribution in [0.2, 0.25) is 5.15 Å². The fraction of sp³-hybridized carbons (Fsp3) is 0.300. The highest BCUT2D eigenvalue weighted by Crippen LogP contribution is 2.10. The summed E-state index contributed by atoms with van der Waals surface area (Å²) in [5, 5.41) is 3.02. The van der Waals surface area contributed by atoms with Crippen LogP contribution in [0.25, 0.3) is 0 Å². The van der Waals surface area contributed by atoms with E-state index in [4.69, 9.17) is 11.6 Å². The molecule has 6 heteroatoms. The summed E-state index contributed by atoms with van der Waals surface area (Å²) in [5.41, 5.74) is 0.599. The number of thiazole rings is 1. The number of hydrogen-bond acceptors (Lipinski definition) is 4. The quantitative estimate of drug-likeness (QED) is 0.842. The summed E-state index contributed by atoms with van der Waals surface area (Å²) in [5.74, 6) is 0. The Kier molecular flexibility index (Phi) is 3.36. The summed E-state index contributed by atoms with van der Waals surface area (Å²) < 4.78 is 1.50. The minimum absolute atomic E-state index is 0.00607. The summed E-state index contributed by atoms with van der Waals surface area (Å²) in [4.78, 5) is 19.7. The first-order valence-corrected chi connectivity index (χ1v) is 6.10. The molecule has 2 aromatic rings. The molecule has 0 unspecified atom stereocenters. The fourth-order valence-corrected chi connectivity index (χ4v) is 2.20. The molecular formula is C10H10ClN3OS. The maximum Gasteiger partial charge on any atom is 0.288 e. The average molecular weight is 256 g/mol. The molecule has 2 aromatic heterocycles. The highest BCUT2D eigenvalue weighted by Gasteiger charge is 2.05. The van der Waals surface area contributed by atoms with Crippen molar-refractivity contribution in [3.05, 3.63) is 44.0 Å². The number of hydrogen-bond donors (Lipinski definition) is 0. The third kappa shape index (κ3) is 2.31. The lowest BCUT2D eigenvalue weighted by atomic mass is 10.4. The maximum atomic E-state index is 11.6. The van der Waals surface area contributed by atoms with Gasteiger partial charge in [-0.3, -0.25) is 4.79 Å². The first kappa shape index (κ1) is 11.3. The monoisotopic (exact) mass is 255 g/mol. The summed E-state index contributed by atoms with van der Waals surface area (Å²) in [6.07, 6.45) is 4.03. The van der Waals surface area contributed by atoms with Crippen LogP contribution in [0, 0.1) is 0 Å². The van der Waals surface area contributed by atoms with Gasteiger partial charge in [-0.05, 0) is 6.42 Å². The molecule has 0 saturated carbocycles. The molecule has 0 bridgehead atoms. The molecule has 2 rings (SSSR count). The lowest BCUT2D eigenvalue weighted by Crippen LogP contribution is -2.21. The van der Waals surface area contributed by atoms with Gasteiger partial charge in [-0.25, -0.2) is 9.97 Å². The summed E-state index contributed by atoms with van der Waals surface area (Å²) in [6, 6.07) is 0. The van der Waals surface area contributed by atoms with Gasteiger partial charge in [0, 0.05) is 17.8 Å². The zero-order valence-corrected chi connectivity index (χ0v) is 10.3. The zero-order valence-electron chi connectivity index (χ0n) is 8.68. The standard InChI is InChI=1S/C10H10ClN3OS/c1-2-8-13-7(6-16-8)5-14-4-3-12-9(11)10(14)15/h3-4,6H,2,5H2,1H3. The molecular weight excluding hydrogens is 246 g/mol. The molecule has 0 atom stereocenters. The van der Waals surface area contributed by atoms with Crippen LogP contribution in [0.1, 0.15) is 17.6 Å². The number of rotatable bonds is 3. The van der Waals surface area contributed by atoms with Crippen molar-refractivity contribution in [2.24, 2.45) is 0 Å². The minimum Gasteiger partial charge on any atom is -0.305 e. The van der Waals surface area contributed by atoms with Gasteiger partial charge in [-0.2, -0.15) is 0 Å². The van der Waals surface area contributed by atoms with Crippen molar-refractivity contribution in [1.82, 2.24) is 14.5 Å².